The second-order valence-electron chi connectivity index (χ2n) is 4.36. The minimum atomic E-state index is -0.428. The van der Waals surface area contributed by atoms with Gasteiger partial charge in [-0.2, -0.15) is 0 Å². The quantitative estimate of drug-likeness (QED) is 0.845. The van der Waals surface area contributed by atoms with Crippen LogP contribution in [-0.2, 0) is 15.1 Å². The van der Waals surface area contributed by atoms with Gasteiger partial charge in [-0.05, 0) is 26.3 Å². The average molecular weight is 221 g/mol. The smallest absolute Gasteiger partial charge is 0.249 e. The number of rotatable bonds is 4. The molecule has 0 aliphatic heterocycles. The highest BCUT2D eigenvalue weighted by Crippen LogP contribution is 2.19. The van der Waals surface area contributed by atoms with E-state index in [1.165, 1.54) is 7.11 Å². The van der Waals surface area contributed by atoms with E-state index >= 15 is 0 Å². The van der Waals surface area contributed by atoms with Crippen LogP contribution in [0.3, 0.4) is 0 Å². The molecule has 88 valence electrons. The molecule has 0 radical (unpaired) electrons. The van der Waals surface area contributed by atoms with Crippen LogP contribution in [0.4, 0.5) is 0 Å². The van der Waals surface area contributed by atoms with Gasteiger partial charge in [0.1, 0.15) is 6.10 Å². The van der Waals surface area contributed by atoms with Crippen molar-refractivity contribution in [3.8, 4) is 0 Å². The third-order valence-corrected chi connectivity index (χ3v) is 2.65. The van der Waals surface area contributed by atoms with Gasteiger partial charge in [0, 0.05) is 7.11 Å². The van der Waals surface area contributed by atoms with Crippen molar-refractivity contribution in [2.75, 3.05) is 7.11 Å². The summed E-state index contributed by atoms with van der Waals surface area (Å²) in [6, 6.07) is 9.88. The Morgan fingerprint density at radius 3 is 2.38 bits per heavy atom. The number of nitrogens with one attached hydrogen (secondary N) is 1. The number of hydrogen-bond acceptors (Lipinski definition) is 2. The highest BCUT2D eigenvalue weighted by atomic mass is 16.5. The van der Waals surface area contributed by atoms with Gasteiger partial charge in [-0.25, -0.2) is 0 Å². The Bertz CT molecular complexity index is 346. The Kier molecular flexibility index (Phi) is 4.07. The minimum absolute atomic E-state index is 0.101. The molecule has 0 bridgehead atoms. The highest BCUT2D eigenvalue weighted by Gasteiger charge is 2.24. The van der Waals surface area contributed by atoms with Gasteiger partial charge in [0.05, 0.1) is 5.54 Å². The first-order valence-corrected chi connectivity index (χ1v) is 5.37. The number of amides is 1. The molecule has 3 nitrogen and oxygen atoms in total. The van der Waals surface area contributed by atoms with E-state index in [1.807, 2.05) is 44.2 Å². The van der Waals surface area contributed by atoms with Gasteiger partial charge in [-0.1, -0.05) is 30.3 Å². The summed E-state index contributed by atoms with van der Waals surface area (Å²) in [6.07, 6.45) is -0.428. The molecule has 0 heterocycles. The summed E-state index contributed by atoms with van der Waals surface area (Å²) in [7, 11) is 1.53. The molecular weight excluding hydrogens is 202 g/mol. The molecule has 0 aromatic heterocycles. The molecule has 0 saturated carbocycles. The predicted octanol–water partition coefficient (Wildman–Crippen LogP) is 2.07. The van der Waals surface area contributed by atoms with Gasteiger partial charge in [-0.3, -0.25) is 4.79 Å². The molecular formula is C13H19NO2. The van der Waals surface area contributed by atoms with Gasteiger partial charge in [0.2, 0.25) is 5.91 Å². The lowest BCUT2D eigenvalue weighted by Gasteiger charge is -2.28. The molecule has 16 heavy (non-hydrogen) atoms. The lowest BCUT2D eigenvalue weighted by molar-refractivity contribution is -0.131. The summed E-state index contributed by atoms with van der Waals surface area (Å²) >= 11 is 0. The predicted molar refractivity (Wildman–Crippen MR) is 64.1 cm³/mol. The summed E-state index contributed by atoms with van der Waals surface area (Å²) < 4.78 is 4.98. The van der Waals surface area contributed by atoms with E-state index in [0.29, 0.717) is 0 Å². The molecule has 0 aliphatic rings. The van der Waals surface area contributed by atoms with Crippen molar-refractivity contribution >= 4 is 5.91 Å². The van der Waals surface area contributed by atoms with Crippen LogP contribution in [0.1, 0.15) is 26.3 Å². The number of methoxy groups -OCH3 is 1. The zero-order valence-electron chi connectivity index (χ0n) is 10.3. The molecule has 0 fully saturated rings. The monoisotopic (exact) mass is 221 g/mol. The summed E-state index contributed by atoms with van der Waals surface area (Å²) in [4.78, 5) is 11.7. The van der Waals surface area contributed by atoms with E-state index in [9.17, 15) is 4.79 Å². The maximum absolute atomic E-state index is 11.7. The molecule has 1 atom stereocenters. The first-order chi connectivity index (χ1) is 7.47. The fourth-order valence-electron chi connectivity index (χ4n) is 1.44. The van der Waals surface area contributed by atoms with Crippen LogP contribution < -0.4 is 5.32 Å². The van der Waals surface area contributed by atoms with Gasteiger partial charge in [0.25, 0.3) is 0 Å². The second-order valence-corrected chi connectivity index (χ2v) is 4.36. The van der Waals surface area contributed by atoms with E-state index < -0.39 is 6.10 Å². The molecule has 1 aromatic rings. The van der Waals surface area contributed by atoms with Crippen molar-refractivity contribution < 1.29 is 9.53 Å². The molecule has 0 spiro atoms. The lowest BCUT2D eigenvalue weighted by atomic mass is 9.94. The molecule has 1 amide bonds. The van der Waals surface area contributed by atoms with Crippen LogP contribution in [0.15, 0.2) is 30.3 Å². The highest BCUT2D eigenvalue weighted by molar-refractivity contribution is 5.81. The summed E-state index contributed by atoms with van der Waals surface area (Å²) in [6.45, 7) is 5.68. The lowest BCUT2D eigenvalue weighted by Crippen LogP contribution is -2.45. The van der Waals surface area contributed by atoms with E-state index in [4.69, 9.17) is 4.74 Å². The van der Waals surface area contributed by atoms with Gasteiger partial charge in [0.15, 0.2) is 0 Å². The second kappa shape index (κ2) is 5.12. The molecule has 3 heteroatoms. The number of benzene rings is 1. The van der Waals surface area contributed by atoms with Gasteiger partial charge in [-0.15, -0.1) is 0 Å². The van der Waals surface area contributed by atoms with Crippen molar-refractivity contribution in [2.24, 2.45) is 0 Å². The third kappa shape index (κ3) is 3.07. The summed E-state index contributed by atoms with van der Waals surface area (Å²) in [5.41, 5.74) is 0.692. The van der Waals surface area contributed by atoms with Crippen molar-refractivity contribution in [1.29, 1.82) is 0 Å². The van der Waals surface area contributed by atoms with Crippen molar-refractivity contribution in [2.45, 2.75) is 32.4 Å². The molecule has 0 aliphatic carbocycles. The number of carbonyl (C=O) groups excluding carboxylic acids is 1. The van der Waals surface area contributed by atoms with Crippen LogP contribution in [0.2, 0.25) is 0 Å². The van der Waals surface area contributed by atoms with E-state index in [-0.39, 0.29) is 11.4 Å². The molecule has 1 rings (SSSR count). The minimum Gasteiger partial charge on any atom is -0.372 e. The van der Waals surface area contributed by atoms with Crippen molar-refractivity contribution in [3.63, 3.8) is 0 Å². The molecule has 1 N–H and O–H groups in total. The third-order valence-electron chi connectivity index (χ3n) is 2.65. The molecule has 1 aromatic carbocycles. The zero-order valence-corrected chi connectivity index (χ0v) is 10.3. The SMILES string of the molecule is COC(C)C(=O)NC(C)(C)c1ccccc1. The van der Waals surface area contributed by atoms with Crippen LogP contribution >= 0.6 is 0 Å². The largest absolute Gasteiger partial charge is 0.372 e. The van der Waals surface area contributed by atoms with Crippen LogP contribution in [-0.4, -0.2) is 19.1 Å². The van der Waals surface area contributed by atoms with Gasteiger partial charge >= 0.3 is 0 Å². The molecule has 0 saturated heterocycles. The fourth-order valence-corrected chi connectivity index (χ4v) is 1.44. The van der Waals surface area contributed by atoms with Gasteiger partial charge < -0.3 is 10.1 Å². The fraction of sp³-hybridized carbons (Fsp3) is 0.462. The topological polar surface area (TPSA) is 38.3 Å². The van der Waals surface area contributed by atoms with E-state index in [0.717, 1.165) is 5.56 Å². The van der Waals surface area contributed by atoms with Crippen LogP contribution in [0.25, 0.3) is 0 Å². The Labute approximate surface area is 96.8 Å². The van der Waals surface area contributed by atoms with Crippen molar-refractivity contribution in [3.05, 3.63) is 35.9 Å². The Morgan fingerprint density at radius 1 is 1.31 bits per heavy atom. The average Bonchev–Trinajstić information content (AvgIpc) is 2.28. The Morgan fingerprint density at radius 2 is 1.88 bits per heavy atom. The number of ether oxygens (including phenoxy) is 1. The summed E-state index contributed by atoms with van der Waals surface area (Å²) in [5.74, 6) is -0.101. The standard InChI is InChI=1S/C13H19NO2/c1-10(16-4)12(15)14-13(2,3)11-8-6-5-7-9-11/h5-10H,1-4H3,(H,14,15). The van der Waals surface area contributed by atoms with E-state index in [2.05, 4.69) is 5.32 Å². The van der Waals surface area contributed by atoms with E-state index in [1.54, 1.807) is 6.92 Å². The van der Waals surface area contributed by atoms with Crippen LogP contribution in [0, 0.1) is 0 Å². The first-order valence-electron chi connectivity index (χ1n) is 5.37. The Balaban J connectivity index is 2.76. The first kappa shape index (κ1) is 12.7. The normalized spacial score (nSPS) is 13.2. The molecule has 1 unspecified atom stereocenters. The maximum Gasteiger partial charge on any atom is 0.249 e. The zero-order chi connectivity index (χ0) is 12.2. The summed E-state index contributed by atoms with van der Waals surface area (Å²) in [5, 5.41) is 2.96. The van der Waals surface area contributed by atoms with Crippen LogP contribution in [0.5, 0.6) is 0 Å². The Hall–Kier alpha value is -1.35. The maximum atomic E-state index is 11.7. The number of hydrogen-bond donors (Lipinski definition) is 1. The van der Waals surface area contributed by atoms with Crippen molar-refractivity contribution in [1.82, 2.24) is 5.32 Å². The number of carbonyl (C=O) groups is 1.